The number of nitrogens with two attached hydrogens (primary N) is 1. The number of hydrogen-bond acceptors (Lipinski definition) is 3. The van der Waals surface area contributed by atoms with Crippen molar-refractivity contribution in [3.63, 3.8) is 0 Å². The molecule has 3 N–H and O–H groups in total. The molecule has 0 amide bonds. The normalized spacial score (nSPS) is 25.3. The third-order valence-electron chi connectivity index (χ3n) is 3.75. The minimum atomic E-state index is 0.522. The molecule has 1 aromatic heterocycles. The molecule has 0 bridgehead atoms. The predicted molar refractivity (Wildman–Crippen MR) is 73.0 cm³/mol. The molecule has 0 spiro atoms. The van der Waals surface area contributed by atoms with Crippen molar-refractivity contribution in [2.75, 3.05) is 11.1 Å². The molecule has 2 atom stereocenters. The molecule has 0 radical (unpaired) electrons. The number of nitrogen functional groups attached to an aromatic ring is 1. The van der Waals surface area contributed by atoms with Crippen molar-refractivity contribution in [3.8, 4) is 0 Å². The first-order chi connectivity index (χ1) is 8.16. The number of rotatable bonds is 2. The summed E-state index contributed by atoms with van der Waals surface area (Å²) in [5, 5.41) is 3.54. The molecule has 1 saturated carbocycles. The van der Waals surface area contributed by atoms with Gasteiger partial charge in [-0.15, -0.1) is 0 Å². The highest BCUT2D eigenvalue weighted by atomic mass is 15.0. The van der Waals surface area contributed by atoms with Gasteiger partial charge in [0.1, 0.15) is 5.82 Å². The van der Waals surface area contributed by atoms with E-state index in [4.69, 9.17) is 5.73 Å². The van der Waals surface area contributed by atoms with Gasteiger partial charge in [-0.05, 0) is 37.8 Å². The number of hydrogen-bond donors (Lipinski definition) is 2. The van der Waals surface area contributed by atoms with Crippen molar-refractivity contribution in [1.29, 1.82) is 0 Å². The molecule has 1 aromatic rings. The van der Waals surface area contributed by atoms with Crippen molar-refractivity contribution in [2.24, 2.45) is 5.92 Å². The summed E-state index contributed by atoms with van der Waals surface area (Å²) in [6, 6.07) is 4.41. The van der Waals surface area contributed by atoms with Gasteiger partial charge in [0.25, 0.3) is 0 Å². The zero-order chi connectivity index (χ0) is 12.3. The molecule has 3 nitrogen and oxygen atoms in total. The molecule has 94 valence electrons. The Balaban J connectivity index is 2.10. The second-order valence-corrected chi connectivity index (χ2v) is 5.26. The van der Waals surface area contributed by atoms with E-state index in [1.165, 1.54) is 32.1 Å². The maximum absolute atomic E-state index is 5.97. The predicted octanol–water partition coefficient (Wildman–Crippen LogP) is 3.35. The van der Waals surface area contributed by atoms with Gasteiger partial charge in [-0.25, -0.2) is 4.98 Å². The molecule has 1 aliphatic carbocycles. The monoisotopic (exact) mass is 233 g/mol. The largest absolute Gasteiger partial charge is 0.396 e. The van der Waals surface area contributed by atoms with Crippen LogP contribution >= 0.6 is 0 Å². The highest BCUT2D eigenvalue weighted by molar-refractivity contribution is 5.61. The van der Waals surface area contributed by atoms with Gasteiger partial charge >= 0.3 is 0 Å². The third kappa shape index (κ3) is 3.11. The van der Waals surface area contributed by atoms with Crippen molar-refractivity contribution in [3.05, 3.63) is 17.8 Å². The summed E-state index contributed by atoms with van der Waals surface area (Å²) in [7, 11) is 0. The van der Waals surface area contributed by atoms with Crippen LogP contribution in [0.3, 0.4) is 0 Å². The topological polar surface area (TPSA) is 50.9 Å². The van der Waals surface area contributed by atoms with Crippen molar-refractivity contribution in [2.45, 2.75) is 52.0 Å². The summed E-state index contributed by atoms with van der Waals surface area (Å²) in [4.78, 5) is 4.50. The first-order valence-electron chi connectivity index (χ1n) is 6.66. The standard InChI is InChI=1S/C14H23N3/c1-10-6-4-3-5-7-13(10)17-14-12(15)9-8-11(2)16-14/h8-10,13H,3-7,15H2,1-2H3,(H,16,17). The van der Waals surface area contributed by atoms with Crippen LogP contribution in [0.15, 0.2) is 12.1 Å². The van der Waals surface area contributed by atoms with E-state index < -0.39 is 0 Å². The molecular weight excluding hydrogens is 210 g/mol. The van der Waals surface area contributed by atoms with Crippen LogP contribution in [-0.4, -0.2) is 11.0 Å². The van der Waals surface area contributed by atoms with E-state index in [1.54, 1.807) is 0 Å². The number of aromatic nitrogens is 1. The fourth-order valence-electron chi connectivity index (χ4n) is 2.57. The van der Waals surface area contributed by atoms with E-state index in [2.05, 4.69) is 17.2 Å². The van der Waals surface area contributed by atoms with Gasteiger partial charge in [0, 0.05) is 11.7 Å². The molecule has 1 fully saturated rings. The Kier molecular flexibility index (Phi) is 3.87. The lowest BCUT2D eigenvalue weighted by atomic mass is 9.97. The fourth-order valence-corrected chi connectivity index (χ4v) is 2.57. The summed E-state index contributed by atoms with van der Waals surface area (Å²) < 4.78 is 0. The van der Waals surface area contributed by atoms with Gasteiger partial charge in [-0.1, -0.05) is 26.2 Å². The fraction of sp³-hybridized carbons (Fsp3) is 0.643. The Morgan fingerprint density at radius 1 is 1.24 bits per heavy atom. The molecule has 0 aliphatic heterocycles. The van der Waals surface area contributed by atoms with Gasteiger partial charge in [-0.2, -0.15) is 0 Å². The van der Waals surface area contributed by atoms with Crippen molar-refractivity contribution in [1.82, 2.24) is 4.98 Å². The molecule has 3 heteroatoms. The van der Waals surface area contributed by atoms with Gasteiger partial charge in [-0.3, -0.25) is 0 Å². The minimum absolute atomic E-state index is 0.522. The van der Waals surface area contributed by atoms with E-state index in [0.717, 1.165) is 17.2 Å². The van der Waals surface area contributed by atoms with E-state index in [9.17, 15) is 0 Å². The molecule has 0 aromatic carbocycles. The maximum atomic E-state index is 5.97. The van der Waals surface area contributed by atoms with Crippen LogP contribution in [-0.2, 0) is 0 Å². The van der Waals surface area contributed by atoms with Gasteiger partial charge in [0.15, 0.2) is 0 Å². The van der Waals surface area contributed by atoms with Crippen LogP contribution in [0.2, 0.25) is 0 Å². The smallest absolute Gasteiger partial charge is 0.149 e. The third-order valence-corrected chi connectivity index (χ3v) is 3.75. The Labute approximate surface area is 104 Å². The molecule has 2 rings (SSSR count). The van der Waals surface area contributed by atoms with Crippen LogP contribution in [0.25, 0.3) is 0 Å². The minimum Gasteiger partial charge on any atom is -0.396 e. The Hall–Kier alpha value is -1.25. The van der Waals surface area contributed by atoms with Gasteiger partial charge in [0.05, 0.1) is 5.69 Å². The number of nitrogens with zero attached hydrogens (tertiary/aromatic N) is 1. The average molecular weight is 233 g/mol. The quantitative estimate of drug-likeness (QED) is 0.770. The summed E-state index contributed by atoms with van der Waals surface area (Å²) in [6.45, 7) is 4.33. The Morgan fingerprint density at radius 3 is 2.82 bits per heavy atom. The number of nitrogens with one attached hydrogen (secondary N) is 1. The Morgan fingerprint density at radius 2 is 2.00 bits per heavy atom. The van der Waals surface area contributed by atoms with E-state index >= 15 is 0 Å². The number of anilines is 2. The molecule has 2 unspecified atom stereocenters. The van der Waals surface area contributed by atoms with E-state index in [-0.39, 0.29) is 0 Å². The Bertz CT molecular complexity index is 376. The highest BCUT2D eigenvalue weighted by Crippen LogP contribution is 2.27. The maximum Gasteiger partial charge on any atom is 0.149 e. The SMILES string of the molecule is Cc1ccc(N)c(NC2CCCCCC2C)n1. The zero-order valence-electron chi connectivity index (χ0n) is 10.9. The van der Waals surface area contributed by atoms with E-state index in [0.29, 0.717) is 12.0 Å². The summed E-state index contributed by atoms with van der Waals surface area (Å²) >= 11 is 0. The van der Waals surface area contributed by atoms with Gasteiger partial charge in [0.2, 0.25) is 0 Å². The first kappa shape index (κ1) is 12.2. The average Bonchev–Trinajstić information content (AvgIpc) is 2.50. The number of pyridine rings is 1. The van der Waals surface area contributed by atoms with Crippen LogP contribution in [0.4, 0.5) is 11.5 Å². The first-order valence-corrected chi connectivity index (χ1v) is 6.66. The molecular formula is C14H23N3. The zero-order valence-corrected chi connectivity index (χ0v) is 10.9. The lowest BCUT2D eigenvalue weighted by molar-refractivity contribution is 0.456. The second kappa shape index (κ2) is 5.39. The lowest BCUT2D eigenvalue weighted by Crippen LogP contribution is -2.27. The summed E-state index contributed by atoms with van der Waals surface area (Å²) in [6.07, 6.45) is 6.57. The van der Waals surface area contributed by atoms with Crippen LogP contribution < -0.4 is 11.1 Å². The van der Waals surface area contributed by atoms with Crippen LogP contribution in [0, 0.1) is 12.8 Å². The molecule has 0 saturated heterocycles. The molecule has 1 aliphatic rings. The van der Waals surface area contributed by atoms with Crippen LogP contribution in [0.5, 0.6) is 0 Å². The number of aryl methyl sites for hydroxylation is 1. The van der Waals surface area contributed by atoms with E-state index in [1.807, 2.05) is 19.1 Å². The van der Waals surface area contributed by atoms with Crippen molar-refractivity contribution < 1.29 is 0 Å². The molecule has 17 heavy (non-hydrogen) atoms. The highest BCUT2D eigenvalue weighted by Gasteiger charge is 2.20. The lowest BCUT2D eigenvalue weighted by Gasteiger charge is -2.24. The van der Waals surface area contributed by atoms with Crippen molar-refractivity contribution >= 4 is 11.5 Å². The van der Waals surface area contributed by atoms with Crippen LogP contribution in [0.1, 0.15) is 44.7 Å². The molecule has 1 heterocycles. The van der Waals surface area contributed by atoms with Gasteiger partial charge < -0.3 is 11.1 Å². The second-order valence-electron chi connectivity index (χ2n) is 5.26. The summed E-state index contributed by atoms with van der Waals surface area (Å²) in [5.41, 5.74) is 7.74. The summed E-state index contributed by atoms with van der Waals surface area (Å²) in [5.74, 6) is 1.57.